The zero-order valence-corrected chi connectivity index (χ0v) is 19.7. The summed E-state index contributed by atoms with van der Waals surface area (Å²) in [5.41, 5.74) is 3.65. The van der Waals surface area contributed by atoms with Gasteiger partial charge in [-0.15, -0.1) is 0 Å². The highest BCUT2D eigenvalue weighted by atomic mass is 32.2. The average Bonchev–Trinajstić information content (AvgIpc) is 2.69. The van der Waals surface area contributed by atoms with Crippen molar-refractivity contribution in [3.63, 3.8) is 0 Å². The maximum atomic E-state index is 12.3. The van der Waals surface area contributed by atoms with Crippen LogP contribution in [0, 0.1) is 13.8 Å². The highest BCUT2D eigenvalue weighted by molar-refractivity contribution is 7.92. The van der Waals surface area contributed by atoms with Crippen molar-refractivity contribution >= 4 is 21.6 Å². The van der Waals surface area contributed by atoms with E-state index in [4.69, 9.17) is 9.47 Å². The normalized spacial score (nSPS) is 11.1. The molecule has 8 heteroatoms. The average molecular weight is 449 g/mol. The van der Waals surface area contributed by atoms with Crippen LogP contribution < -0.4 is 19.1 Å². The van der Waals surface area contributed by atoms with Gasteiger partial charge in [0.05, 0.1) is 26.2 Å². The molecule has 31 heavy (non-hydrogen) atoms. The van der Waals surface area contributed by atoms with Gasteiger partial charge in [-0.2, -0.15) is 0 Å². The van der Waals surface area contributed by atoms with E-state index in [9.17, 15) is 13.2 Å². The summed E-state index contributed by atoms with van der Waals surface area (Å²) in [6, 6.07) is 11.3. The predicted molar refractivity (Wildman–Crippen MR) is 124 cm³/mol. The number of sulfonamides is 1. The third kappa shape index (κ3) is 7.47. The van der Waals surface area contributed by atoms with Crippen LogP contribution in [0.3, 0.4) is 0 Å². The molecule has 0 aromatic heterocycles. The highest BCUT2D eigenvalue weighted by Gasteiger charge is 2.18. The number of nitrogens with one attached hydrogen (secondary N) is 1. The van der Waals surface area contributed by atoms with Crippen molar-refractivity contribution in [2.24, 2.45) is 0 Å². The van der Waals surface area contributed by atoms with Gasteiger partial charge in [0, 0.05) is 19.5 Å². The molecule has 0 bridgehead atoms. The Bertz CT molecular complexity index is 985. The van der Waals surface area contributed by atoms with Crippen molar-refractivity contribution in [2.75, 3.05) is 37.9 Å². The van der Waals surface area contributed by atoms with Crippen molar-refractivity contribution in [3.05, 3.63) is 53.1 Å². The molecule has 0 radical (unpaired) electrons. The van der Waals surface area contributed by atoms with Crippen LogP contribution in [0.15, 0.2) is 36.4 Å². The van der Waals surface area contributed by atoms with E-state index in [0.29, 0.717) is 36.6 Å². The number of ether oxygens (including phenoxy) is 2. The Kier molecular flexibility index (Phi) is 8.74. The third-order valence-electron chi connectivity index (χ3n) is 4.84. The van der Waals surface area contributed by atoms with E-state index in [1.807, 2.05) is 50.2 Å². The van der Waals surface area contributed by atoms with Gasteiger partial charge in [0.1, 0.15) is 0 Å². The maximum Gasteiger partial charge on any atom is 0.232 e. The lowest BCUT2D eigenvalue weighted by molar-refractivity contribution is -0.121. The largest absolute Gasteiger partial charge is 0.493 e. The van der Waals surface area contributed by atoms with Gasteiger partial charge in [0.25, 0.3) is 0 Å². The number of benzene rings is 2. The lowest BCUT2D eigenvalue weighted by Gasteiger charge is -2.23. The van der Waals surface area contributed by atoms with Gasteiger partial charge in [0.2, 0.25) is 15.9 Å². The van der Waals surface area contributed by atoms with E-state index in [1.165, 1.54) is 10.6 Å². The summed E-state index contributed by atoms with van der Waals surface area (Å²) >= 11 is 0. The summed E-state index contributed by atoms with van der Waals surface area (Å²) in [7, 11) is -0.265. The van der Waals surface area contributed by atoms with Crippen LogP contribution in [-0.4, -0.2) is 47.9 Å². The molecule has 1 amide bonds. The summed E-state index contributed by atoms with van der Waals surface area (Å²) < 4.78 is 36.4. The van der Waals surface area contributed by atoms with Crippen molar-refractivity contribution in [3.8, 4) is 11.5 Å². The van der Waals surface area contributed by atoms with Crippen LogP contribution >= 0.6 is 0 Å². The molecule has 2 aromatic carbocycles. The lowest BCUT2D eigenvalue weighted by Crippen LogP contribution is -2.32. The molecule has 0 saturated heterocycles. The molecular weight excluding hydrogens is 416 g/mol. The van der Waals surface area contributed by atoms with Crippen LogP contribution in [0.2, 0.25) is 0 Å². The third-order valence-corrected chi connectivity index (χ3v) is 6.04. The second-order valence-corrected chi connectivity index (χ2v) is 9.48. The highest BCUT2D eigenvalue weighted by Crippen LogP contribution is 2.27. The molecule has 0 aliphatic carbocycles. The monoisotopic (exact) mass is 448 g/mol. The van der Waals surface area contributed by atoms with Gasteiger partial charge in [-0.25, -0.2) is 8.42 Å². The maximum absolute atomic E-state index is 12.3. The van der Waals surface area contributed by atoms with Crippen molar-refractivity contribution in [1.82, 2.24) is 5.32 Å². The van der Waals surface area contributed by atoms with E-state index < -0.39 is 10.0 Å². The topological polar surface area (TPSA) is 84.9 Å². The fourth-order valence-corrected chi connectivity index (χ4v) is 4.38. The summed E-state index contributed by atoms with van der Waals surface area (Å²) in [6.07, 6.45) is 2.53. The zero-order chi connectivity index (χ0) is 23.0. The van der Waals surface area contributed by atoms with Gasteiger partial charge in [-0.05, 0) is 67.6 Å². The Morgan fingerprint density at radius 2 is 1.65 bits per heavy atom. The molecular formula is C23H32N2O5S. The Morgan fingerprint density at radius 3 is 2.23 bits per heavy atom. The van der Waals surface area contributed by atoms with Gasteiger partial charge >= 0.3 is 0 Å². The molecule has 0 aliphatic heterocycles. The quantitative estimate of drug-likeness (QED) is 0.571. The second-order valence-electron chi connectivity index (χ2n) is 7.57. The molecule has 0 fully saturated rings. The number of hydrogen-bond donors (Lipinski definition) is 1. The Labute approximate surface area is 185 Å². The summed E-state index contributed by atoms with van der Waals surface area (Å²) in [6.45, 7) is 4.61. The Morgan fingerprint density at radius 1 is 1.00 bits per heavy atom. The number of amides is 1. The smallest absolute Gasteiger partial charge is 0.232 e. The van der Waals surface area contributed by atoms with Gasteiger partial charge in [-0.3, -0.25) is 9.10 Å². The minimum absolute atomic E-state index is 0.102. The number of aryl methyl sites for hydroxylation is 2. The predicted octanol–water partition coefficient (Wildman–Crippen LogP) is 3.23. The van der Waals surface area contributed by atoms with E-state index in [2.05, 4.69) is 5.32 Å². The Hall–Kier alpha value is -2.74. The molecule has 0 aliphatic rings. The number of anilines is 1. The Balaban J connectivity index is 1.86. The second kappa shape index (κ2) is 11.0. The summed E-state index contributed by atoms with van der Waals surface area (Å²) in [5, 5.41) is 2.89. The SMILES string of the molecule is COc1ccc(CCNC(=O)CCCN(c2cc(C)cc(C)c2)S(C)(=O)=O)cc1OC. The minimum atomic E-state index is -3.44. The van der Waals surface area contributed by atoms with Crippen molar-refractivity contribution in [2.45, 2.75) is 33.1 Å². The van der Waals surface area contributed by atoms with Crippen molar-refractivity contribution < 1.29 is 22.7 Å². The molecule has 7 nitrogen and oxygen atoms in total. The molecule has 0 saturated carbocycles. The number of carbonyl (C=O) groups is 1. The zero-order valence-electron chi connectivity index (χ0n) is 18.9. The molecule has 0 spiro atoms. The molecule has 0 heterocycles. The van der Waals surface area contributed by atoms with Gasteiger partial charge in [-0.1, -0.05) is 12.1 Å². The number of carbonyl (C=O) groups excluding carboxylic acids is 1. The van der Waals surface area contributed by atoms with Crippen LogP contribution in [-0.2, 0) is 21.2 Å². The van der Waals surface area contributed by atoms with Crippen LogP contribution in [0.1, 0.15) is 29.5 Å². The number of hydrogen-bond acceptors (Lipinski definition) is 5. The van der Waals surface area contributed by atoms with Crippen LogP contribution in [0.25, 0.3) is 0 Å². The first-order valence-corrected chi connectivity index (χ1v) is 12.0. The van der Waals surface area contributed by atoms with Crippen LogP contribution in [0.5, 0.6) is 11.5 Å². The molecule has 170 valence electrons. The van der Waals surface area contributed by atoms with Crippen molar-refractivity contribution in [1.29, 1.82) is 0 Å². The molecule has 2 aromatic rings. The van der Waals surface area contributed by atoms with E-state index in [0.717, 1.165) is 16.7 Å². The molecule has 0 unspecified atom stereocenters. The van der Waals surface area contributed by atoms with E-state index >= 15 is 0 Å². The number of nitrogens with zero attached hydrogens (tertiary/aromatic N) is 1. The number of methoxy groups -OCH3 is 2. The minimum Gasteiger partial charge on any atom is -0.493 e. The fourth-order valence-electron chi connectivity index (χ4n) is 3.44. The number of rotatable bonds is 11. The summed E-state index contributed by atoms with van der Waals surface area (Å²) in [5.74, 6) is 1.21. The summed E-state index contributed by atoms with van der Waals surface area (Å²) in [4.78, 5) is 12.2. The first-order valence-electron chi connectivity index (χ1n) is 10.2. The molecule has 1 N–H and O–H groups in total. The lowest BCUT2D eigenvalue weighted by atomic mass is 10.1. The van der Waals surface area contributed by atoms with Crippen LogP contribution in [0.4, 0.5) is 5.69 Å². The first-order chi connectivity index (χ1) is 14.6. The van der Waals surface area contributed by atoms with Gasteiger partial charge < -0.3 is 14.8 Å². The standard InChI is InChI=1S/C23H32N2O5S/c1-17-13-18(2)15-20(14-17)25(31(5,27)28)12-6-7-23(26)24-11-10-19-8-9-21(29-3)22(16-19)30-4/h8-9,13-16H,6-7,10-12H2,1-5H3,(H,24,26). The fraction of sp³-hybridized carbons (Fsp3) is 0.435. The van der Waals surface area contributed by atoms with E-state index in [-0.39, 0.29) is 18.9 Å². The first kappa shape index (κ1) is 24.5. The molecule has 0 atom stereocenters. The molecule has 2 rings (SSSR count). The van der Waals surface area contributed by atoms with E-state index in [1.54, 1.807) is 14.2 Å². The van der Waals surface area contributed by atoms with Gasteiger partial charge in [0.15, 0.2) is 11.5 Å².